The van der Waals surface area contributed by atoms with Crippen LogP contribution in [-0.2, 0) is 13.5 Å². The zero-order chi connectivity index (χ0) is 16.8. The van der Waals surface area contributed by atoms with Crippen LogP contribution in [0.5, 0.6) is 0 Å². The van der Waals surface area contributed by atoms with Crippen molar-refractivity contribution in [1.82, 2.24) is 15.0 Å². The zero-order valence-corrected chi connectivity index (χ0v) is 13.1. The number of hydrogen-bond donors (Lipinski definition) is 5. The van der Waals surface area contributed by atoms with Crippen molar-refractivity contribution in [1.29, 1.82) is 10.8 Å². The van der Waals surface area contributed by atoms with E-state index in [9.17, 15) is 0 Å². The van der Waals surface area contributed by atoms with Crippen molar-refractivity contribution < 1.29 is 0 Å². The third-order valence-electron chi connectivity index (χ3n) is 3.25. The van der Waals surface area contributed by atoms with Crippen molar-refractivity contribution in [2.75, 3.05) is 5.32 Å². The molecule has 0 unspecified atom stereocenters. The molecule has 0 aliphatic carbocycles. The second-order valence-corrected chi connectivity index (χ2v) is 5.03. The van der Waals surface area contributed by atoms with Crippen LogP contribution in [0.2, 0.25) is 0 Å². The van der Waals surface area contributed by atoms with Crippen LogP contribution < -0.4 is 22.1 Å². The highest BCUT2D eigenvalue weighted by atomic mass is 15.3. The van der Waals surface area contributed by atoms with E-state index >= 15 is 0 Å². The van der Waals surface area contributed by atoms with E-state index in [0.29, 0.717) is 12.2 Å². The zero-order valence-electron chi connectivity index (χ0n) is 13.1. The van der Waals surface area contributed by atoms with E-state index in [-0.39, 0.29) is 11.6 Å². The van der Waals surface area contributed by atoms with E-state index in [2.05, 4.69) is 20.8 Å². The highest BCUT2D eigenvalue weighted by Crippen LogP contribution is 2.15. The third-order valence-corrected chi connectivity index (χ3v) is 3.25. The molecule has 6 N–H and O–H groups in total. The summed E-state index contributed by atoms with van der Waals surface area (Å²) in [5, 5.41) is 21.8. The lowest BCUT2D eigenvalue weighted by atomic mass is 10.1. The van der Waals surface area contributed by atoms with Gasteiger partial charge in [-0.2, -0.15) is 10.1 Å². The first kappa shape index (κ1) is 16.2. The molecule has 120 valence electrons. The Morgan fingerprint density at radius 3 is 2.70 bits per heavy atom. The number of benzene rings is 1. The number of nitrogens with one attached hydrogen (secondary N) is 4. The van der Waals surface area contributed by atoms with Crippen LogP contribution in [0.1, 0.15) is 11.3 Å². The molecule has 1 aromatic heterocycles. The van der Waals surface area contributed by atoms with Gasteiger partial charge in [-0.1, -0.05) is 12.1 Å². The average Bonchev–Trinajstić information content (AvgIpc) is 2.50. The molecule has 8 nitrogen and oxygen atoms in total. The Morgan fingerprint density at radius 1 is 1.39 bits per heavy atom. The van der Waals surface area contributed by atoms with E-state index in [1.165, 1.54) is 0 Å². The molecular weight excluding hydrogens is 292 g/mol. The van der Waals surface area contributed by atoms with Gasteiger partial charge in [-0.25, -0.2) is 5.43 Å². The fourth-order valence-electron chi connectivity index (χ4n) is 1.89. The van der Waals surface area contributed by atoms with Gasteiger partial charge in [0.1, 0.15) is 5.82 Å². The summed E-state index contributed by atoms with van der Waals surface area (Å²) in [4.78, 5) is 4.19. The van der Waals surface area contributed by atoms with Gasteiger partial charge >= 0.3 is 0 Å². The number of nitrogens with zero attached hydrogens (tertiary/aromatic N) is 3. The summed E-state index contributed by atoms with van der Waals surface area (Å²) in [6, 6.07) is 9.72. The van der Waals surface area contributed by atoms with Crippen LogP contribution in [0.25, 0.3) is 0 Å². The van der Waals surface area contributed by atoms with Crippen molar-refractivity contribution in [3.63, 3.8) is 0 Å². The Hall–Kier alpha value is -3.16. The summed E-state index contributed by atoms with van der Waals surface area (Å²) >= 11 is 0. The molecule has 0 atom stereocenters. The van der Waals surface area contributed by atoms with Crippen molar-refractivity contribution in [3.05, 3.63) is 47.2 Å². The van der Waals surface area contributed by atoms with Gasteiger partial charge in [-0.05, 0) is 24.6 Å². The lowest BCUT2D eigenvalue weighted by Crippen LogP contribution is -2.25. The van der Waals surface area contributed by atoms with Gasteiger partial charge in [0.15, 0.2) is 0 Å². The summed E-state index contributed by atoms with van der Waals surface area (Å²) in [5.74, 6) is 0.458. The van der Waals surface area contributed by atoms with Crippen molar-refractivity contribution >= 4 is 23.7 Å². The Bertz CT molecular complexity index is 773. The molecule has 0 radical (unpaired) electrons. The van der Waals surface area contributed by atoms with Crippen LogP contribution in [0.3, 0.4) is 0 Å². The molecule has 0 saturated heterocycles. The first-order valence-corrected chi connectivity index (χ1v) is 7.02. The van der Waals surface area contributed by atoms with Crippen molar-refractivity contribution in [2.45, 2.75) is 13.3 Å². The average molecular weight is 312 g/mol. The van der Waals surface area contributed by atoms with Crippen LogP contribution in [0.15, 0.2) is 35.4 Å². The standard InChI is InChI=1S/C15H20N8/c1-10-9-13(21-15(18)23(10)2)20-12-5-3-11(4-6-12)7-8-19-22-14(16)17/h3-6,8-9H,7H2,1-2H3,(H4,16,17,22)(H2,18,20,21). The minimum Gasteiger partial charge on any atom is -0.369 e. The molecule has 0 aliphatic rings. The van der Waals surface area contributed by atoms with Gasteiger partial charge in [-0.15, -0.1) is 0 Å². The molecule has 2 aromatic rings. The van der Waals surface area contributed by atoms with E-state index in [1.54, 1.807) is 10.8 Å². The summed E-state index contributed by atoms with van der Waals surface area (Å²) in [7, 11) is 1.81. The molecule has 1 heterocycles. The number of nitrogens with two attached hydrogens (primary N) is 1. The van der Waals surface area contributed by atoms with Crippen molar-refractivity contribution in [2.24, 2.45) is 17.9 Å². The monoisotopic (exact) mass is 312 g/mol. The van der Waals surface area contributed by atoms with E-state index < -0.39 is 0 Å². The third kappa shape index (κ3) is 4.67. The molecule has 23 heavy (non-hydrogen) atoms. The number of anilines is 2. The fraction of sp³-hybridized carbons (Fsp3) is 0.200. The van der Waals surface area contributed by atoms with E-state index in [4.69, 9.17) is 16.6 Å². The summed E-state index contributed by atoms with van der Waals surface area (Å²) < 4.78 is 1.71. The lowest BCUT2D eigenvalue weighted by Gasteiger charge is -2.09. The Morgan fingerprint density at radius 2 is 2.09 bits per heavy atom. The Kier molecular flexibility index (Phi) is 5.08. The molecule has 0 bridgehead atoms. The largest absolute Gasteiger partial charge is 0.369 e. The lowest BCUT2D eigenvalue weighted by molar-refractivity contribution is 0.737. The number of hydrazone groups is 1. The second kappa shape index (κ2) is 7.21. The maximum absolute atomic E-state index is 7.79. The summed E-state index contributed by atoms with van der Waals surface area (Å²) in [6.45, 7) is 1.93. The normalized spacial score (nSPS) is 10.7. The van der Waals surface area contributed by atoms with Gasteiger partial charge in [0.05, 0.1) is 0 Å². The molecular formula is C15H20N8. The second-order valence-electron chi connectivity index (χ2n) is 5.03. The molecule has 0 fully saturated rings. The van der Waals surface area contributed by atoms with Crippen LogP contribution in [0.4, 0.5) is 11.5 Å². The number of aromatic nitrogens is 2. The Labute approximate surface area is 134 Å². The minimum absolute atomic E-state index is 0.186. The maximum Gasteiger partial charge on any atom is 0.223 e. The SMILES string of the molecule is Cc1cc(Nc2ccc(CC=NNC(=N)N)cc2)nc(=N)n1C. The Balaban J connectivity index is 2.01. The molecule has 0 aliphatic heterocycles. The number of hydrogen-bond acceptors (Lipinski definition) is 5. The number of aryl methyl sites for hydroxylation is 1. The first-order chi connectivity index (χ1) is 11.0. The smallest absolute Gasteiger partial charge is 0.223 e. The highest BCUT2D eigenvalue weighted by Gasteiger charge is 2.01. The van der Waals surface area contributed by atoms with Gasteiger partial charge < -0.3 is 15.6 Å². The van der Waals surface area contributed by atoms with Gasteiger partial charge in [0, 0.05) is 37.1 Å². The van der Waals surface area contributed by atoms with E-state index in [0.717, 1.165) is 16.9 Å². The predicted molar refractivity (Wildman–Crippen MR) is 90.8 cm³/mol. The van der Waals surface area contributed by atoms with Crippen LogP contribution >= 0.6 is 0 Å². The van der Waals surface area contributed by atoms with Crippen LogP contribution in [0, 0.1) is 17.7 Å². The van der Waals surface area contributed by atoms with Crippen LogP contribution in [-0.4, -0.2) is 21.7 Å². The molecule has 2 rings (SSSR count). The first-order valence-electron chi connectivity index (χ1n) is 7.02. The number of rotatable bonds is 5. The highest BCUT2D eigenvalue weighted by molar-refractivity contribution is 5.75. The van der Waals surface area contributed by atoms with E-state index in [1.807, 2.05) is 44.3 Å². The molecule has 0 spiro atoms. The van der Waals surface area contributed by atoms with Gasteiger partial charge in [-0.3, -0.25) is 10.8 Å². The molecule has 0 saturated carbocycles. The quantitative estimate of drug-likeness (QED) is 0.320. The fourth-order valence-corrected chi connectivity index (χ4v) is 1.89. The van der Waals surface area contributed by atoms with Gasteiger partial charge in [0.2, 0.25) is 11.6 Å². The number of guanidine groups is 1. The van der Waals surface area contributed by atoms with Gasteiger partial charge in [0.25, 0.3) is 0 Å². The molecule has 1 aromatic carbocycles. The molecule has 0 amide bonds. The summed E-state index contributed by atoms with van der Waals surface area (Å²) in [5.41, 5.74) is 10.6. The summed E-state index contributed by atoms with van der Waals surface area (Å²) in [6.07, 6.45) is 2.29. The maximum atomic E-state index is 7.79. The van der Waals surface area contributed by atoms with Crippen molar-refractivity contribution in [3.8, 4) is 0 Å². The topological polar surface area (TPSA) is 128 Å². The minimum atomic E-state index is -0.186. The molecule has 8 heteroatoms. The predicted octanol–water partition coefficient (Wildman–Crippen LogP) is 0.963.